The van der Waals surface area contributed by atoms with E-state index in [2.05, 4.69) is 30.8 Å². The van der Waals surface area contributed by atoms with Crippen LogP contribution in [0.1, 0.15) is 24.2 Å². The zero-order chi connectivity index (χ0) is 13.3. The Balaban J connectivity index is 2.18. The third kappa shape index (κ3) is 2.49. The lowest BCUT2D eigenvalue weighted by Gasteiger charge is -2.42. The molecule has 2 rings (SSSR count). The van der Waals surface area contributed by atoms with E-state index in [1.807, 2.05) is 4.90 Å². The summed E-state index contributed by atoms with van der Waals surface area (Å²) in [6, 6.07) is 4.18. The quantitative estimate of drug-likeness (QED) is 0.729. The lowest BCUT2D eigenvalue weighted by Crippen LogP contribution is -2.56. The van der Waals surface area contributed by atoms with E-state index in [1.54, 1.807) is 18.3 Å². The number of aromatic nitrogens is 1. The molecule has 1 aromatic heterocycles. The highest BCUT2D eigenvalue weighted by Crippen LogP contribution is 2.19. The van der Waals surface area contributed by atoms with Gasteiger partial charge in [0.15, 0.2) is 0 Å². The Kier molecular flexibility index (Phi) is 3.88. The molecule has 0 radical (unpaired) electrons. The van der Waals surface area contributed by atoms with Crippen molar-refractivity contribution in [2.45, 2.75) is 25.9 Å². The highest BCUT2D eigenvalue weighted by molar-refractivity contribution is 6.32. The molecule has 2 heterocycles. The van der Waals surface area contributed by atoms with E-state index in [-0.39, 0.29) is 11.1 Å². The molecule has 0 bridgehead atoms. The van der Waals surface area contributed by atoms with Gasteiger partial charge in [-0.15, -0.1) is 0 Å². The van der Waals surface area contributed by atoms with Gasteiger partial charge in [0.1, 0.15) is 5.15 Å². The maximum Gasteiger partial charge on any atom is 0.257 e. The molecule has 1 aliphatic rings. The summed E-state index contributed by atoms with van der Waals surface area (Å²) in [6.07, 6.45) is 1.59. The summed E-state index contributed by atoms with van der Waals surface area (Å²) in [4.78, 5) is 20.5. The van der Waals surface area contributed by atoms with Crippen LogP contribution < -0.4 is 0 Å². The molecule has 5 heteroatoms. The van der Waals surface area contributed by atoms with Crippen LogP contribution in [0.3, 0.4) is 0 Å². The Morgan fingerprint density at radius 3 is 2.56 bits per heavy atom. The largest absolute Gasteiger partial charge is 0.335 e. The number of piperazine rings is 1. The van der Waals surface area contributed by atoms with E-state index in [0.717, 1.165) is 13.1 Å². The predicted octanol–water partition coefficient (Wildman–Crippen LogP) is 1.90. The highest BCUT2D eigenvalue weighted by atomic mass is 35.5. The third-order valence-electron chi connectivity index (χ3n) is 3.64. The van der Waals surface area contributed by atoms with Crippen molar-refractivity contribution in [1.82, 2.24) is 14.8 Å². The summed E-state index contributed by atoms with van der Waals surface area (Å²) < 4.78 is 0. The zero-order valence-electron chi connectivity index (χ0n) is 10.9. The monoisotopic (exact) mass is 267 g/mol. The Morgan fingerprint density at radius 1 is 1.39 bits per heavy atom. The third-order valence-corrected chi connectivity index (χ3v) is 3.94. The SMILES string of the molecule is CC1CN(C(=O)c2cccnc2Cl)CC(C)N1C. The molecular formula is C13H18ClN3O. The van der Waals surface area contributed by atoms with Gasteiger partial charge >= 0.3 is 0 Å². The molecule has 1 aromatic rings. The van der Waals surface area contributed by atoms with Crippen molar-refractivity contribution in [1.29, 1.82) is 0 Å². The lowest BCUT2D eigenvalue weighted by atomic mass is 10.1. The van der Waals surface area contributed by atoms with Gasteiger partial charge in [0.25, 0.3) is 5.91 Å². The molecule has 1 aliphatic heterocycles. The second-order valence-electron chi connectivity index (χ2n) is 4.92. The van der Waals surface area contributed by atoms with Crippen LogP contribution in [0.2, 0.25) is 5.15 Å². The molecular weight excluding hydrogens is 250 g/mol. The van der Waals surface area contributed by atoms with Crippen LogP contribution in [-0.4, -0.2) is 52.9 Å². The van der Waals surface area contributed by atoms with E-state index in [0.29, 0.717) is 17.6 Å². The Labute approximate surface area is 113 Å². The van der Waals surface area contributed by atoms with E-state index < -0.39 is 0 Å². The van der Waals surface area contributed by atoms with Gasteiger partial charge in [-0.2, -0.15) is 0 Å². The van der Waals surface area contributed by atoms with Crippen molar-refractivity contribution in [3.63, 3.8) is 0 Å². The van der Waals surface area contributed by atoms with E-state index in [1.165, 1.54) is 0 Å². The highest BCUT2D eigenvalue weighted by Gasteiger charge is 2.30. The van der Waals surface area contributed by atoms with E-state index in [9.17, 15) is 4.79 Å². The average molecular weight is 268 g/mol. The Morgan fingerprint density at radius 2 is 2.00 bits per heavy atom. The van der Waals surface area contributed by atoms with Crippen LogP contribution in [0.5, 0.6) is 0 Å². The molecule has 98 valence electrons. The predicted molar refractivity (Wildman–Crippen MR) is 71.8 cm³/mol. The number of hydrogen-bond donors (Lipinski definition) is 0. The minimum atomic E-state index is -0.0279. The minimum absolute atomic E-state index is 0.0279. The van der Waals surface area contributed by atoms with Gasteiger partial charge in [-0.3, -0.25) is 9.69 Å². The van der Waals surface area contributed by atoms with E-state index in [4.69, 9.17) is 11.6 Å². The minimum Gasteiger partial charge on any atom is -0.335 e. The lowest BCUT2D eigenvalue weighted by molar-refractivity contribution is 0.0414. The van der Waals surface area contributed by atoms with Crippen LogP contribution in [-0.2, 0) is 0 Å². The number of likely N-dealkylation sites (N-methyl/N-ethyl adjacent to an activating group) is 1. The van der Waals surface area contributed by atoms with E-state index >= 15 is 0 Å². The number of hydrogen-bond acceptors (Lipinski definition) is 3. The fraction of sp³-hybridized carbons (Fsp3) is 0.538. The van der Waals surface area contributed by atoms with Gasteiger partial charge in [0, 0.05) is 31.4 Å². The fourth-order valence-electron chi connectivity index (χ4n) is 2.29. The van der Waals surface area contributed by atoms with Crippen LogP contribution in [0.25, 0.3) is 0 Å². The van der Waals surface area contributed by atoms with Crippen molar-refractivity contribution < 1.29 is 4.79 Å². The zero-order valence-corrected chi connectivity index (χ0v) is 11.7. The molecule has 2 atom stereocenters. The summed E-state index contributed by atoms with van der Waals surface area (Å²) in [5.74, 6) is -0.0279. The topological polar surface area (TPSA) is 36.4 Å². The molecule has 0 spiro atoms. The number of rotatable bonds is 1. The smallest absolute Gasteiger partial charge is 0.257 e. The van der Waals surface area contributed by atoms with Crippen molar-refractivity contribution in [3.8, 4) is 0 Å². The normalized spacial score (nSPS) is 25.2. The van der Waals surface area contributed by atoms with Crippen molar-refractivity contribution in [3.05, 3.63) is 29.0 Å². The molecule has 4 nitrogen and oxygen atoms in total. The van der Waals surface area contributed by atoms with Gasteiger partial charge in [0.2, 0.25) is 0 Å². The number of pyridine rings is 1. The second kappa shape index (κ2) is 5.24. The molecule has 0 aromatic carbocycles. The maximum absolute atomic E-state index is 12.4. The van der Waals surface area contributed by atoms with Crippen LogP contribution in [0.4, 0.5) is 0 Å². The first-order valence-electron chi connectivity index (χ1n) is 6.12. The van der Waals surface area contributed by atoms with Crippen LogP contribution in [0, 0.1) is 0 Å². The van der Waals surface area contributed by atoms with Gasteiger partial charge in [-0.1, -0.05) is 11.6 Å². The second-order valence-corrected chi connectivity index (χ2v) is 5.27. The molecule has 1 saturated heterocycles. The summed E-state index contributed by atoms with van der Waals surface area (Å²) in [6.45, 7) is 5.71. The molecule has 1 amide bonds. The summed E-state index contributed by atoms with van der Waals surface area (Å²) in [5, 5.41) is 0.279. The fourth-order valence-corrected chi connectivity index (χ4v) is 2.49. The maximum atomic E-state index is 12.4. The standard InChI is InChI=1S/C13H18ClN3O/c1-9-7-17(8-10(2)16(9)3)13(18)11-5-4-6-15-12(11)14/h4-6,9-10H,7-8H2,1-3H3. The molecule has 18 heavy (non-hydrogen) atoms. The van der Waals surface area contributed by atoms with Crippen molar-refractivity contribution in [2.24, 2.45) is 0 Å². The average Bonchev–Trinajstić information content (AvgIpc) is 2.35. The number of carbonyl (C=O) groups excluding carboxylic acids is 1. The first-order valence-corrected chi connectivity index (χ1v) is 6.50. The number of nitrogens with zero attached hydrogens (tertiary/aromatic N) is 3. The molecule has 0 N–H and O–H groups in total. The first kappa shape index (κ1) is 13.3. The summed E-state index contributed by atoms with van der Waals surface area (Å²) >= 11 is 5.97. The van der Waals surface area contributed by atoms with Crippen molar-refractivity contribution >= 4 is 17.5 Å². The van der Waals surface area contributed by atoms with Crippen molar-refractivity contribution in [2.75, 3.05) is 20.1 Å². The molecule has 2 unspecified atom stereocenters. The van der Waals surface area contributed by atoms with Crippen LogP contribution >= 0.6 is 11.6 Å². The van der Waals surface area contributed by atoms with Crippen LogP contribution in [0.15, 0.2) is 18.3 Å². The Hall–Kier alpha value is -1.13. The molecule has 0 saturated carbocycles. The summed E-state index contributed by atoms with van der Waals surface area (Å²) in [7, 11) is 2.09. The number of carbonyl (C=O) groups is 1. The van der Waals surface area contributed by atoms with Gasteiger partial charge in [-0.25, -0.2) is 4.98 Å². The summed E-state index contributed by atoms with van der Waals surface area (Å²) in [5.41, 5.74) is 0.489. The number of amides is 1. The number of halogens is 1. The first-order chi connectivity index (χ1) is 8.50. The molecule has 0 aliphatic carbocycles. The van der Waals surface area contributed by atoms with Gasteiger partial charge in [0.05, 0.1) is 5.56 Å². The van der Waals surface area contributed by atoms with Gasteiger partial charge < -0.3 is 4.90 Å². The van der Waals surface area contributed by atoms with Gasteiger partial charge in [-0.05, 0) is 33.0 Å². The Bertz CT molecular complexity index is 440. The molecule has 1 fully saturated rings.